The molecule has 46 heavy (non-hydrogen) atoms. The Morgan fingerprint density at radius 3 is 1.72 bits per heavy atom. The molecule has 0 bridgehead atoms. The summed E-state index contributed by atoms with van der Waals surface area (Å²) in [5, 5.41) is 0. The average Bonchev–Trinajstić information content (AvgIpc) is 3.04. The lowest BCUT2D eigenvalue weighted by Crippen LogP contribution is -1.96. The second-order valence-corrected chi connectivity index (χ2v) is 13.4. The van der Waals surface area contributed by atoms with Gasteiger partial charge in [0.2, 0.25) is 0 Å². The van der Waals surface area contributed by atoms with Gasteiger partial charge in [0.25, 0.3) is 0 Å². The third kappa shape index (κ3) is 20.4. The van der Waals surface area contributed by atoms with E-state index in [2.05, 4.69) is 94.5 Å². The quantitative estimate of drug-likeness (QED) is 0.0537. The molecule has 0 unspecified atom stereocenters. The number of allylic oxidation sites excluding steroid dienone is 4. The second kappa shape index (κ2) is 27.4. The molecule has 2 aromatic rings. The van der Waals surface area contributed by atoms with Gasteiger partial charge in [-0.3, -0.25) is 4.99 Å². The van der Waals surface area contributed by atoms with Gasteiger partial charge in [0.05, 0.1) is 23.3 Å². The highest BCUT2D eigenvalue weighted by molar-refractivity contribution is 6.36. The van der Waals surface area contributed by atoms with E-state index in [4.69, 9.17) is 9.98 Å². The first kappa shape index (κ1) is 39.4. The van der Waals surface area contributed by atoms with E-state index >= 15 is 0 Å². The summed E-state index contributed by atoms with van der Waals surface area (Å²) in [6.45, 7) is 8.79. The van der Waals surface area contributed by atoms with Crippen LogP contribution in [0.4, 0.5) is 11.4 Å². The second-order valence-electron chi connectivity index (χ2n) is 13.4. The van der Waals surface area contributed by atoms with Crippen molar-refractivity contribution in [2.75, 3.05) is 0 Å². The Morgan fingerprint density at radius 2 is 1.11 bits per heavy atom. The molecule has 254 valence electrons. The average molecular weight is 625 g/mol. The van der Waals surface area contributed by atoms with Crippen LogP contribution < -0.4 is 0 Å². The zero-order valence-corrected chi connectivity index (χ0v) is 30.4. The fraction of sp³-hybridized carbons (Fsp3) is 0.591. The molecule has 0 atom stereocenters. The first-order valence-electron chi connectivity index (χ1n) is 19.2. The maximum atomic E-state index is 5.12. The van der Waals surface area contributed by atoms with Crippen LogP contribution in [0.5, 0.6) is 0 Å². The standard InChI is InChI=1S/C44H68N2/c1-5-7-9-11-13-14-15-16-17-18-19-20-21-22-23-24-26-28-33-42(38-45-43-36-39(3)35-40(4)37-43)46-44-34-30-29-32-41(44)31-27-25-12-10-8-6-2/h10,12,28-30,32-38H,5-9,11,13-27,31H2,1-4H3/b12-10+,33-28+,45-38?,46-42?. The van der Waals surface area contributed by atoms with Crippen LogP contribution in [-0.2, 0) is 6.42 Å². The van der Waals surface area contributed by atoms with E-state index in [9.17, 15) is 0 Å². The van der Waals surface area contributed by atoms with Crippen LogP contribution in [0.25, 0.3) is 0 Å². The molecule has 0 saturated carbocycles. The van der Waals surface area contributed by atoms with Crippen LogP contribution in [0.15, 0.2) is 76.8 Å². The van der Waals surface area contributed by atoms with Crippen LogP contribution in [0.1, 0.15) is 165 Å². The molecule has 0 amide bonds. The minimum absolute atomic E-state index is 0.922. The van der Waals surface area contributed by atoms with Crippen molar-refractivity contribution in [1.29, 1.82) is 0 Å². The Morgan fingerprint density at radius 1 is 0.565 bits per heavy atom. The Kier molecular flexibility index (Phi) is 23.5. The Bertz CT molecular complexity index is 1130. The van der Waals surface area contributed by atoms with Crippen LogP contribution in [0.2, 0.25) is 0 Å². The number of hydrogen-bond donors (Lipinski definition) is 0. The molecule has 0 radical (unpaired) electrons. The minimum atomic E-state index is 0.922. The number of aryl methyl sites for hydroxylation is 3. The molecule has 0 aliphatic heterocycles. The summed E-state index contributed by atoms with van der Waals surface area (Å²) in [4.78, 5) is 9.96. The summed E-state index contributed by atoms with van der Waals surface area (Å²) in [6, 6.07) is 15.1. The molecule has 0 spiro atoms. The van der Waals surface area contributed by atoms with Gasteiger partial charge in [-0.05, 0) is 93.3 Å². The van der Waals surface area contributed by atoms with Gasteiger partial charge in [0, 0.05) is 0 Å². The molecule has 0 aromatic heterocycles. The largest absolute Gasteiger partial charge is 0.255 e. The van der Waals surface area contributed by atoms with E-state index in [1.807, 2.05) is 6.21 Å². The van der Waals surface area contributed by atoms with Crippen LogP contribution in [0, 0.1) is 13.8 Å². The van der Waals surface area contributed by atoms with Crippen molar-refractivity contribution >= 4 is 23.3 Å². The molecule has 0 heterocycles. The van der Waals surface area contributed by atoms with Gasteiger partial charge in [0.15, 0.2) is 0 Å². The molecule has 0 fully saturated rings. The Labute approximate surface area is 285 Å². The van der Waals surface area contributed by atoms with E-state index in [0.717, 1.165) is 42.8 Å². The number of hydrogen-bond acceptors (Lipinski definition) is 2. The molecule has 0 aliphatic rings. The Hall–Kier alpha value is -2.74. The summed E-state index contributed by atoms with van der Waals surface area (Å²) < 4.78 is 0. The van der Waals surface area contributed by atoms with Gasteiger partial charge in [0.1, 0.15) is 0 Å². The summed E-state index contributed by atoms with van der Waals surface area (Å²) in [7, 11) is 0. The number of para-hydroxylation sites is 1. The topological polar surface area (TPSA) is 24.7 Å². The van der Waals surface area contributed by atoms with Crippen molar-refractivity contribution < 1.29 is 0 Å². The number of aliphatic imine (C=N–C) groups is 2. The zero-order chi connectivity index (χ0) is 32.9. The van der Waals surface area contributed by atoms with E-state index in [-0.39, 0.29) is 0 Å². The first-order chi connectivity index (χ1) is 22.6. The van der Waals surface area contributed by atoms with Gasteiger partial charge in [-0.1, -0.05) is 159 Å². The van der Waals surface area contributed by atoms with Crippen molar-refractivity contribution in [2.45, 2.75) is 169 Å². The smallest absolute Gasteiger partial charge is 0.0816 e. The lowest BCUT2D eigenvalue weighted by atomic mass is 10.0. The highest BCUT2D eigenvalue weighted by Crippen LogP contribution is 2.22. The highest BCUT2D eigenvalue weighted by atomic mass is 14.8. The molecular formula is C44H68N2. The third-order valence-electron chi connectivity index (χ3n) is 8.75. The SMILES string of the molecule is CCC/C=C/CCCc1ccccc1N=C(C=Nc1cc(C)cc(C)c1)/C=C/CCCCCCCCCCCCCCCCCC. The molecule has 2 aromatic carbocycles. The van der Waals surface area contributed by atoms with Gasteiger partial charge in [-0.25, -0.2) is 4.99 Å². The molecule has 0 N–H and O–H groups in total. The van der Waals surface area contributed by atoms with Gasteiger partial charge >= 0.3 is 0 Å². The van der Waals surface area contributed by atoms with Crippen LogP contribution >= 0.6 is 0 Å². The van der Waals surface area contributed by atoms with E-state index in [0.29, 0.717) is 0 Å². The lowest BCUT2D eigenvalue weighted by molar-refractivity contribution is 0.530. The first-order valence-corrected chi connectivity index (χ1v) is 19.2. The van der Waals surface area contributed by atoms with Gasteiger partial charge in [-0.2, -0.15) is 0 Å². The van der Waals surface area contributed by atoms with Crippen molar-refractivity contribution in [3.8, 4) is 0 Å². The minimum Gasteiger partial charge on any atom is -0.255 e. The molecule has 2 heteroatoms. The van der Waals surface area contributed by atoms with Gasteiger partial charge in [-0.15, -0.1) is 0 Å². The normalized spacial score (nSPS) is 12.4. The van der Waals surface area contributed by atoms with Gasteiger partial charge < -0.3 is 0 Å². The lowest BCUT2D eigenvalue weighted by Gasteiger charge is -2.06. The maximum Gasteiger partial charge on any atom is 0.0816 e. The molecule has 2 rings (SSSR count). The fourth-order valence-electron chi connectivity index (χ4n) is 6.07. The van der Waals surface area contributed by atoms with E-state index in [1.165, 1.54) is 132 Å². The predicted molar refractivity (Wildman–Crippen MR) is 208 cm³/mol. The summed E-state index contributed by atoms with van der Waals surface area (Å²) in [5.41, 5.74) is 6.77. The summed E-state index contributed by atoms with van der Waals surface area (Å²) in [5.74, 6) is 0. The number of nitrogens with zero attached hydrogens (tertiary/aromatic N) is 2. The van der Waals surface area contributed by atoms with Crippen LogP contribution in [-0.4, -0.2) is 11.9 Å². The number of unbranched alkanes of at least 4 members (excludes halogenated alkanes) is 18. The Balaban J connectivity index is 1.79. The third-order valence-corrected chi connectivity index (χ3v) is 8.75. The van der Waals surface area contributed by atoms with Crippen molar-refractivity contribution in [3.63, 3.8) is 0 Å². The fourth-order valence-corrected chi connectivity index (χ4v) is 6.07. The monoisotopic (exact) mass is 625 g/mol. The van der Waals surface area contributed by atoms with Crippen molar-refractivity contribution in [3.05, 3.63) is 83.5 Å². The summed E-state index contributed by atoms with van der Waals surface area (Å²) in [6.07, 6.45) is 40.4. The molecule has 0 aliphatic carbocycles. The van der Waals surface area contributed by atoms with Crippen LogP contribution in [0.3, 0.4) is 0 Å². The number of benzene rings is 2. The maximum absolute atomic E-state index is 5.12. The highest BCUT2D eigenvalue weighted by Gasteiger charge is 2.02. The zero-order valence-electron chi connectivity index (χ0n) is 30.4. The van der Waals surface area contributed by atoms with Crippen molar-refractivity contribution in [1.82, 2.24) is 0 Å². The van der Waals surface area contributed by atoms with E-state index in [1.54, 1.807) is 0 Å². The molecular weight excluding hydrogens is 556 g/mol. The summed E-state index contributed by atoms with van der Waals surface area (Å²) >= 11 is 0. The number of rotatable bonds is 27. The molecule has 2 nitrogen and oxygen atoms in total. The van der Waals surface area contributed by atoms with Crippen molar-refractivity contribution in [2.24, 2.45) is 9.98 Å². The molecule has 0 saturated heterocycles. The van der Waals surface area contributed by atoms with E-state index < -0.39 is 0 Å². The predicted octanol–water partition coefficient (Wildman–Crippen LogP) is 14.7.